The largest absolute Gasteiger partial charge is 0.352 e. The summed E-state index contributed by atoms with van der Waals surface area (Å²) in [7, 11) is 0. The molecule has 124 valence electrons. The Morgan fingerprint density at radius 3 is 2.88 bits per heavy atom. The van der Waals surface area contributed by atoms with E-state index < -0.39 is 0 Å². The van der Waals surface area contributed by atoms with Gasteiger partial charge in [-0.2, -0.15) is 10.2 Å². The van der Waals surface area contributed by atoms with E-state index in [0.717, 1.165) is 17.0 Å². The van der Waals surface area contributed by atoms with Gasteiger partial charge in [0.05, 0.1) is 5.69 Å². The van der Waals surface area contributed by atoms with Gasteiger partial charge in [0.15, 0.2) is 0 Å². The van der Waals surface area contributed by atoms with E-state index >= 15 is 0 Å². The SMILES string of the molecule is O=C(CCC1=NNC(=O)CC1)NCc1ccccc1-n1cccn1. The van der Waals surface area contributed by atoms with E-state index in [-0.39, 0.29) is 11.8 Å². The quantitative estimate of drug-likeness (QED) is 0.844. The summed E-state index contributed by atoms with van der Waals surface area (Å²) in [6.07, 6.45) is 5.58. The molecule has 0 saturated carbocycles. The van der Waals surface area contributed by atoms with Crippen LogP contribution >= 0.6 is 0 Å². The molecular weight excluding hydrogens is 306 g/mol. The lowest BCUT2D eigenvalue weighted by molar-refractivity contribution is -0.121. The first-order valence-corrected chi connectivity index (χ1v) is 7.91. The summed E-state index contributed by atoms with van der Waals surface area (Å²) in [4.78, 5) is 23.1. The standard InChI is InChI=1S/C17H19N5O2/c23-16(8-6-14-7-9-17(24)21-20-14)18-12-13-4-1-2-5-15(13)22-11-3-10-19-22/h1-5,10-11H,6-9,12H2,(H,18,23)(H,21,24). The second-order valence-electron chi connectivity index (χ2n) is 5.57. The van der Waals surface area contributed by atoms with Gasteiger partial charge in [-0.05, 0) is 30.5 Å². The van der Waals surface area contributed by atoms with Crippen molar-refractivity contribution in [1.82, 2.24) is 20.5 Å². The van der Waals surface area contributed by atoms with Crippen LogP contribution in [-0.4, -0.2) is 27.3 Å². The molecule has 24 heavy (non-hydrogen) atoms. The third-order valence-electron chi connectivity index (χ3n) is 3.84. The maximum Gasteiger partial charge on any atom is 0.240 e. The van der Waals surface area contributed by atoms with Gasteiger partial charge in [0.25, 0.3) is 0 Å². The molecule has 1 aromatic carbocycles. The summed E-state index contributed by atoms with van der Waals surface area (Å²) in [5.74, 6) is -0.108. The predicted octanol–water partition coefficient (Wildman–Crippen LogP) is 1.53. The topological polar surface area (TPSA) is 88.4 Å². The summed E-state index contributed by atoms with van der Waals surface area (Å²) in [6, 6.07) is 9.68. The van der Waals surface area contributed by atoms with Crippen molar-refractivity contribution in [2.45, 2.75) is 32.2 Å². The molecule has 2 aromatic rings. The lowest BCUT2D eigenvalue weighted by Crippen LogP contribution is -2.27. The molecule has 3 rings (SSSR count). The van der Waals surface area contributed by atoms with E-state index in [4.69, 9.17) is 0 Å². The second-order valence-corrected chi connectivity index (χ2v) is 5.57. The molecule has 0 bridgehead atoms. The van der Waals surface area contributed by atoms with Crippen LogP contribution in [0.15, 0.2) is 47.8 Å². The van der Waals surface area contributed by atoms with Crippen LogP contribution in [0, 0.1) is 0 Å². The molecule has 2 N–H and O–H groups in total. The van der Waals surface area contributed by atoms with Crippen molar-refractivity contribution in [3.63, 3.8) is 0 Å². The number of benzene rings is 1. The Kier molecular flexibility index (Phi) is 5.00. The Labute approximate surface area is 139 Å². The first-order valence-electron chi connectivity index (χ1n) is 7.91. The molecular formula is C17H19N5O2. The van der Waals surface area contributed by atoms with Crippen molar-refractivity contribution in [2.75, 3.05) is 0 Å². The van der Waals surface area contributed by atoms with Gasteiger partial charge < -0.3 is 5.32 Å². The molecule has 0 saturated heterocycles. The van der Waals surface area contributed by atoms with Crippen LogP contribution in [0.25, 0.3) is 5.69 Å². The number of nitrogens with zero attached hydrogens (tertiary/aromatic N) is 3. The Hall–Kier alpha value is -2.96. The fourth-order valence-corrected chi connectivity index (χ4v) is 2.53. The van der Waals surface area contributed by atoms with Crippen molar-refractivity contribution in [1.29, 1.82) is 0 Å². The van der Waals surface area contributed by atoms with Crippen molar-refractivity contribution >= 4 is 17.5 Å². The van der Waals surface area contributed by atoms with Gasteiger partial charge in [0.1, 0.15) is 0 Å². The van der Waals surface area contributed by atoms with Crippen LogP contribution in [0.5, 0.6) is 0 Å². The highest BCUT2D eigenvalue weighted by Crippen LogP contribution is 2.13. The molecule has 2 heterocycles. The maximum absolute atomic E-state index is 12.0. The number of para-hydroxylation sites is 1. The van der Waals surface area contributed by atoms with Gasteiger partial charge >= 0.3 is 0 Å². The van der Waals surface area contributed by atoms with Crippen LogP contribution in [0.2, 0.25) is 0 Å². The summed E-state index contributed by atoms with van der Waals surface area (Å²) < 4.78 is 1.78. The van der Waals surface area contributed by atoms with E-state index in [1.807, 2.05) is 36.5 Å². The third kappa shape index (κ3) is 4.07. The zero-order valence-corrected chi connectivity index (χ0v) is 13.2. The number of hydrogen-bond acceptors (Lipinski definition) is 4. The maximum atomic E-state index is 12.0. The van der Waals surface area contributed by atoms with Crippen molar-refractivity contribution in [3.05, 3.63) is 48.3 Å². The minimum Gasteiger partial charge on any atom is -0.352 e. The number of carbonyl (C=O) groups excluding carboxylic acids is 2. The number of amides is 2. The highest BCUT2D eigenvalue weighted by atomic mass is 16.2. The first kappa shape index (κ1) is 15.9. The van der Waals surface area contributed by atoms with Crippen molar-refractivity contribution in [2.24, 2.45) is 5.10 Å². The lowest BCUT2D eigenvalue weighted by atomic mass is 10.1. The summed E-state index contributed by atoms with van der Waals surface area (Å²) >= 11 is 0. The Morgan fingerprint density at radius 2 is 2.12 bits per heavy atom. The van der Waals surface area contributed by atoms with Gasteiger partial charge in [-0.25, -0.2) is 10.1 Å². The molecule has 7 heteroatoms. The number of nitrogens with one attached hydrogen (secondary N) is 2. The minimum atomic E-state index is -0.0709. The Bertz CT molecular complexity index is 752. The van der Waals surface area contributed by atoms with Crippen LogP contribution in [0.3, 0.4) is 0 Å². The van der Waals surface area contributed by atoms with E-state index in [2.05, 4.69) is 20.9 Å². The molecule has 1 aliphatic rings. The van der Waals surface area contributed by atoms with Crippen molar-refractivity contribution < 1.29 is 9.59 Å². The average molecular weight is 325 g/mol. The zero-order valence-electron chi connectivity index (χ0n) is 13.2. The summed E-state index contributed by atoms with van der Waals surface area (Å²) in [5, 5.41) is 11.1. The van der Waals surface area contributed by atoms with E-state index in [1.165, 1.54) is 0 Å². The zero-order chi connectivity index (χ0) is 16.8. The second kappa shape index (κ2) is 7.54. The van der Waals surface area contributed by atoms with E-state index in [1.54, 1.807) is 10.9 Å². The molecule has 0 fully saturated rings. The molecule has 2 amide bonds. The molecule has 0 atom stereocenters. The monoisotopic (exact) mass is 325 g/mol. The average Bonchev–Trinajstić information content (AvgIpc) is 3.14. The van der Waals surface area contributed by atoms with Crippen LogP contribution < -0.4 is 10.7 Å². The fourth-order valence-electron chi connectivity index (χ4n) is 2.53. The van der Waals surface area contributed by atoms with Gasteiger partial charge in [-0.3, -0.25) is 9.59 Å². The summed E-state index contributed by atoms with van der Waals surface area (Å²) in [6.45, 7) is 0.443. The number of hydrogen-bond donors (Lipinski definition) is 2. The van der Waals surface area contributed by atoms with Gasteiger partial charge in [-0.1, -0.05) is 18.2 Å². The Balaban J connectivity index is 1.53. The Morgan fingerprint density at radius 1 is 1.25 bits per heavy atom. The highest BCUT2D eigenvalue weighted by molar-refractivity contribution is 5.94. The smallest absolute Gasteiger partial charge is 0.240 e. The van der Waals surface area contributed by atoms with Crippen LogP contribution in [0.4, 0.5) is 0 Å². The van der Waals surface area contributed by atoms with Gasteiger partial charge in [0.2, 0.25) is 11.8 Å². The molecule has 0 radical (unpaired) electrons. The molecule has 1 aliphatic heterocycles. The molecule has 0 spiro atoms. The van der Waals surface area contributed by atoms with E-state index in [0.29, 0.717) is 32.2 Å². The number of carbonyl (C=O) groups is 2. The lowest BCUT2D eigenvalue weighted by Gasteiger charge is -2.13. The minimum absolute atomic E-state index is 0.0372. The van der Waals surface area contributed by atoms with Crippen LogP contribution in [-0.2, 0) is 16.1 Å². The molecule has 0 aliphatic carbocycles. The molecule has 7 nitrogen and oxygen atoms in total. The summed E-state index contributed by atoms with van der Waals surface area (Å²) in [5.41, 5.74) is 5.25. The predicted molar refractivity (Wildman–Crippen MR) is 89.5 cm³/mol. The number of hydrazone groups is 1. The first-order chi connectivity index (χ1) is 11.7. The molecule has 0 unspecified atom stereocenters. The highest BCUT2D eigenvalue weighted by Gasteiger charge is 2.13. The van der Waals surface area contributed by atoms with Gasteiger partial charge in [0, 0.05) is 37.5 Å². The van der Waals surface area contributed by atoms with Crippen LogP contribution in [0.1, 0.15) is 31.2 Å². The van der Waals surface area contributed by atoms with E-state index in [9.17, 15) is 9.59 Å². The number of aromatic nitrogens is 2. The normalized spacial score (nSPS) is 14.0. The fraction of sp³-hybridized carbons (Fsp3) is 0.294. The van der Waals surface area contributed by atoms with Gasteiger partial charge in [-0.15, -0.1) is 0 Å². The third-order valence-corrected chi connectivity index (χ3v) is 3.84. The molecule has 1 aromatic heterocycles. The van der Waals surface area contributed by atoms with Crippen molar-refractivity contribution in [3.8, 4) is 5.69 Å². The number of rotatable bonds is 6.